The van der Waals surface area contributed by atoms with Gasteiger partial charge in [0, 0.05) is 27.0 Å². The highest BCUT2D eigenvalue weighted by Gasteiger charge is 2.21. The van der Waals surface area contributed by atoms with Crippen LogP contribution >= 0.6 is 39.3 Å². The van der Waals surface area contributed by atoms with E-state index in [9.17, 15) is 0 Å². The van der Waals surface area contributed by atoms with E-state index < -0.39 is 0 Å². The lowest BCUT2D eigenvalue weighted by molar-refractivity contribution is 0.651. The van der Waals surface area contributed by atoms with Crippen molar-refractivity contribution in [2.24, 2.45) is 0 Å². The summed E-state index contributed by atoms with van der Waals surface area (Å²) in [7, 11) is 2.00. The molecule has 0 aromatic heterocycles. The van der Waals surface area contributed by atoms with E-state index >= 15 is 0 Å². The summed E-state index contributed by atoms with van der Waals surface area (Å²) < 4.78 is 1.06. The second-order valence-corrected chi connectivity index (χ2v) is 5.66. The van der Waals surface area contributed by atoms with Crippen molar-refractivity contribution >= 4 is 39.3 Å². The second-order valence-electron chi connectivity index (χ2n) is 3.31. The molecule has 1 atom stereocenters. The molecule has 1 unspecified atom stereocenters. The number of fused-ring (bicyclic) bond motifs is 1. The average Bonchev–Trinajstić information content (AvgIpc) is 2.17. The van der Waals surface area contributed by atoms with Crippen LogP contribution in [0.1, 0.15) is 17.2 Å². The van der Waals surface area contributed by atoms with Gasteiger partial charge >= 0.3 is 0 Å². The molecule has 1 aromatic carbocycles. The summed E-state index contributed by atoms with van der Waals surface area (Å²) in [5, 5.41) is 4.19. The topological polar surface area (TPSA) is 12.0 Å². The number of thioether (sulfide) groups is 1. The van der Waals surface area contributed by atoms with E-state index in [-0.39, 0.29) is 0 Å². The molecular formula is C10H11BrClNS. The maximum absolute atomic E-state index is 6.20. The summed E-state index contributed by atoms with van der Waals surface area (Å²) in [5.74, 6) is 2.15. The van der Waals surface area contributed by atoms with Crippen LogP contribution in [-0.4, -0.2) is 12.8 Å². The summed E-state index contributed by atoms with van der Waals surface area (Å²) in [4.78, 5) is 0. The Bertz CT molecular complexity index is 356. The smallest absolute Gasteiger partial charge is 0.0460 e. The van der Waals surface area contributed by atoms with Gasteiger partial charge in [0.05, 0.1) is 0 Å². The van der Waals surface area contributed by atoms with Gasteiger partial charge in [0.1, 0.15) is 0 Å². The van der Waals surface area contributed by atoms with Crippen LogP contribution in [0.5, 0.6) is 0 Å². The summed E-state index contributed by atoms with van der Waals surface area (Å²) >= 11 is 11.6. The van der Waals surface area contributed by atoms with Crippen molar-refractivity contribution in [3.8, 4) is 0 Å². The molecule has 4 heteroatoms. The molecule has 1 aromatic rings. The number of rotatable bonds is 1. The Labute approximate surface area is 102 Å². The van der Waals surface area contributed by atoms with E-state index in [2.05, 4.69) is 27.3 Å². The Morgan fingerprint density at radius 1 is 1.57 bits per heavy atom. The number of hydrogen-bond donors (Lipinski definition) is 1. The van der Waals surface area contributed by atoms with Gasteiger partial charge in [-0.1, -0.05) is 27.5 Å². The molecule has 2 rings (SSSR count). The first-order valence-electron chi connectivity index (χ1n) is 4.45. The lowest BCUT2D eigenvalue weighted by Gasteiger charge is -2.25. The van der Waals surface area contributed by atoms with Gasteiger partial charge in [0.15, 0.2) is 0 Å². The largest absolute Gasteiger partial charge is 0.312 e. The monoisotopic (exact) mass is 291 g/mol. The van der Waals surface area contributed by atoms with Gasteiger partial charge in [0.25, 0.3) is 0 Å². The summed E-state index contributed by atoms with van der Waals surface area (Å²) in [5.41, 5.74) is 2.62. The third kappa shape index (κ3) is 1.96. The molecule has 76 valence electrons. The first-order valence-corrected chi connectivity index (χ1v) is 6.77. The number of benzene rings is 1. The van der Waals surface area contributed by atoms with Crippen LogP contribution in [0.4, 0.5) is 0 Å². The zero-order valence-electron chi connectivity index (χ0n) is 7.81. The molecule has 1 aliphatic heterocycles. The Kier molecular flexibility index (Phi) is 3.42. The van der Waals surface area contributed by atoms with E-state index in [1.165, 1.54) is 11.1 Å². The van der Waals surface area contributed by atoms with Crippen molar-refractivity contribution < 1.29 is 0 Å². The minimum Gasteiger partial charge on any atom is -0.312 e. The number of hydrogen-bond acceptors (Lipinski definition) is 2. The van der Waals surface area contributed by atoms with Gasteiger partial charge in [-0.3, -0.25) is 0 Å². The maximum Gasteiger partial charge on any atom is 0.0460 e. The molecule has 0 aliphatic carbocycles. The number of halogens is 2. The van der Waals surface area contributed by atoms with Gasteiger partial charge in [-0.2, -0.15) is 11.8 Å². The van der Waals surface area contributed by atoms with Crippen molar-refractivity contribution in [3.05, 3.63) is 32.8 Å². The number of nitrogens with one attached hydrogen (secondary N) is 1. The maximum atomic E-state index is 6.20. The fourth-order valence-corrected chi connectivity index (χ4v) is 3.90. The first-order chi connectivity index (χ1) is 6.72. The summed E-state index contributed by atoms with van der Waals surface area (Å²) in [6, 6.07) is 4.57. The van der Waals surface area contributed by atoms with Crippen molar-refractivity contribution in [3.63, 3.8) is 0 Å². The Morgan fingerprint density at radius 3 is 3.07 bits per heavy atom. The predicted molar refractivity (Wildman–Crippen MR) is 67.1 cm³/mol. The van der Waals surface area contributed by atoms with Gasteiger partial charge in [0.2, 0.25) is 0 Å². The zero-order chi connectivity index (χ0) is 10.1. The zero-order valence-corrected chi connectivity index (χ0v) is 11.0. The van der Waals surface area contributed by atoms with Crippen LogP contribution in [0.15, 0.2) is 16.6 Å². The van der Waals surface area contributed by atoms with E-state index in [4.69, 9.17) is 11.6 Å². The summed E-state index contributed by atoms with van der Waals surface area (Å²) in [6.45, 7) is 0. The Hall–Kier alpha value is 0.300. The lowest BCUT2D eigenvalue weighted by Crippen LogP contribution is -2.23. The molecular weight excluding hydrogens is 282 g/mol. The SMILES string of the molecule is CNC1CSCc2c(Cl)cc(Br)cc21. The predicted octanol–water partition coefficient (Wildman–Crippen LogP) is 3.61. The van der Waals surface area contributed by atoms with Crippen molar-refractivity contribution in [2.45, 2.75) is 11.8 Å². The molecule has 0 amide bonds. The molecule has 0 fully saturated rings. The molecule has 0 radical (unpaired) electrons. The Balaban J connectivity index is 2.51. The molecule has 0 saturated heterocycles. The molecule has 0 saturated carbocycles. The summed E-state index contributed by atoms with van der Waals surface area (Å²) in [6.07, 6.45) is 0. The van der Waals surface area contributed by atoms with Crippen LogP contribution < -0.4 is 5.32 Å². The molecule has 1 heterocycles. The van der Waals surface area contributed by atoms with E-state index in [0.717, 1.165) is 21.0 Å². The molecule has 1 N–H and O–H groups in total. The molecule has 1 aliphatic rings. The lowest BCUT2D eigenvalue weighted by atomic mass is 10.0. The van der Waals surface area contributed by atoms with E-state index in [1.807, 2.05) is 24.9 Å². The van der Waals surface area contributed by atoms with Crippen molar-refractivity contribution in [1.29, 1.82) is 0 Å². The van der Waals surface area contributed by atoms with Crippen LogP contribution in [0.25, 0.3) is 0 Å². The standard InChI is InChI=1S/C10H11BrClNS/c1-13-10-5-14-4-8-7(10)2-6(11)3-9(8)12/h2-3,10,13H,4-5H2,1H3. The van der Waals surface area contributed by atoms with Gasteiger partial charge < -0.3 is 5.32 Å². The van der Waals surface area contributed by atoms with Crippen molar-refractivity contribution in [2.75, 3.05) is 12.8 Å². The van der Waals surface area contributed by atoms with Gasteiger partial charge in [-0.25, -0.2) is 0 Å². The van der Waals surface area contributed by atoms with Crippen molar-refractivity contribution in [1.82, 2.24) is 5.32 Å². The quantitative estimate of drug-likeness (QED) is 0.848. The van der Waals surface area contributed by atoms with E-state index in [1.54, 1.807) is 0 Å². The average molecular weight is 293 g/mol. The molecule has 14 heavy (non-hydrogen) atoms. The third-order valence-corrected chi connectivity index (χ3v) is 4.31. The highest BCUT2D eigenvalue weighted by Crippen LogP contribution is 2.37. The first kappa shape index (κ1) is 10.8. The second kappa shape index (κ2) is 4.44. The van der Waals surface area contributed by atoms with Crippen LogP contribution in [0.3, 0.4) is 0 Å². The molecule has 1 nitrogen and oxygen atoms in total. The van der Waals surface area contributed by atoms with Crippen LogP contribution in [-0.2, 0) is 5.75 Å². The highest BCUT2D eigenvalue weighted by molar-refractivity contribution is 9.10. The minimum absolute atomic E-state index is 0.429. The highest BCUT2D eigenvalue weighted by atomic mass is 79.9. The third-order valence-electron chi connectivity index (χ3n) is 2.45. The van der Waals surface area contributed by atoms with E-state index in [0.29, 0.717) is 6.04 Å². The van der Waals surface area contributed by atoms with Gasteiger partial charge in [-0.15, -0.1) is 0 Å². The fraction of sp³-hybridized carbons (Fsp3) is 0.400. The molecule has 0 bridgehead atoms. The van der Waals surface area contributed by atoms with Crippen LogP contribution in [0, 0.1) is 0 Å². The van der Waals surface area contributed by atoms with Crippen LogP contribution in [0.2, 0.25) is 5.02 Å². The Morgan fingerprint density at radius 2 is 2.36 bits per heavy atom. The minimum atomic E-state index is 0.429. The normalized spacial score (nSPS) is 20.6. The molecule has 0 spiro atoms. The fourth-order valence-electron chi connectivity index (χ4n) is 1.69. The van der Waals surface area contributed by atoms with Gasteiger partial charge in [-0.05, 0) is 30.3 Å².